The van der Waals surface area contributed by atoms with Crippen molar-refractivity contribution in [3.8, 4) is 0 Å². The van der Waals surface area contributed by atoms with Crippen LogP contribution in [0, 0.1) is 0 Å². The molecule has 1 aromatic rings. The molecule has 0 atom stereocenters. The molecule has 0 fully saturated rings. The van der Waals surface area contributed by atoms with Gasteiger partial charge in [-0.05, 0) is 18.4 Å². The van der Waals surface area contributed by atoms with E-state index < -0.39 is 17.7 Å². The molecule has 0 aromatic heterocycles. The third kappa shape index (κ3) is 4.40. The van der Waals surface area contributed by atoms with E-state index in [2.05, 4.69) is 0 Å². The van der Waals surface area contributed by atoms with Crippen LogP contribution in [0.5, 0.6) is 0 Å². The van der Waals surface area contributed by atoms with Crippen molar-refractivity contribution in [2.75, 3.05) is 13.3 Å². The first kappa shape index (κ1) is 12.1. The van der Waals surface area contributed by atoms with E-state index in [-0.39, 0.29) is 6.54 Å². The van der Waals surface area contributed by atoms with Crippen molar-refractivity contribution < 1.29 is 12.8 Å². The van der Waals surface area contributed by atoms with Gasteiger partial charge >= 0.3 is 0 Å². The van der Waals surface area contributed by atoms with E-state index in [1.54, 1.807) is 0 Å². The lowest BCUT2D eigenvalue weighted by Crippen LogP contribution is -2.22. The Hall–Kier alpha value is -0.940. The highest BCUT2D eigenvalue weighted by atomic mass is 32.2. The maximum Gasteiger partial charge on any atom is 0.206 e. The summed E-state index contributed by atoms with van der Waals surface area (Å²) in [6.45, 7) is -0.697. The van der Waals surface area contributed by atoms with Gasteiger partial charge in [-0.1, -0.05) is 30.3 Å². The van der Waals surface area contributed by atoms with E-state index in [1.165, 1.54) is 0 Å². The molecule has 84 valence electrons. The molecule has 5 heteroatoms. The van der Waals surface area contributed by atoms with E-state index >= 15 is 0 Å². The molecule has 0 aliphatic heterocycles. The Kier molecular flexibility index (Phi) is 5.28. The maximum absolute atomic E-state index is 12.2. The number of alkyl halides is 1. The van der Waals surface area contributed by atoms with Crippen LogP contribution in [-0.2, 0) is 17.3 Å². The van der Waals surface area contributed by atoms with Gasteiger partial charge in [0.05, 0.1) is 0 Å². The Morgan fingerprint density at radius 1 is 1.20 bits per heavy atom. The fourth-order valence-corrected chi connectivity index (χ4v) is 1.69. The first-order valence-corrected chi connectivity index (χ1v) is 5.86. The number of benzene rings is 1. The average Bonchev–Trinajstić information content (AvgIpc) is 2.25. The standard InChI is InChI=1S/C10H14FNO2S/c11-9-12(15(13)14)8-4-7-10-5-2-1-3-6-10/h1-3,5-6,15H,4,7-9H2. The minimum Gasteiger partial charge on any atom is -0.233 e. The summed E-state index contributed by atoms with van der Waals surface area (Å²) in [4.78, 5) is 0. The Morgan fingerprint density at radius 2 is 1.87 bits per heavy atom. The minimum atomic E-state index is -2.79. The highest BCUT2D eigenvalue weighted by Crippen LogP contribution is 2.03. The van der Waals surface area contributed by atoms with E-state index in [4.69, 9.17) is 0 Å². The summed E-state index contributed by atoms with van der Waals surface area (Å²) in [5.74, 6) is 0. The second-order valence-corrected chi connectivity index (χ2v) is 4.22. The summed E-state index contributed by atoms with van der Waals surface area (Å²) < 4.78 is 34.0. The van der Waals surface area contributed by atoms with E-state index in [0.29, 0.717) is 6.42 Å². The van der Waals surface area contributed by atoms with Crippen molar-refractivity contribution in [1.29, 1.82) is 0 Å². The molecule has 0 unspecified atom stereocenters. The monoisotopic (exact) mass is 231 g/mol. The van der Waals surface area contributed by atoms with Gasteiger partial charge in [0.2, 0.25) is 10.9 Å². The number of thiol groups is 1. The molecule has 0 saturated heterocycles. The molecule has 15 heavy (non-hydrogen) atoms. The third-order valence-electron chi connectivity index (χ3n) is 2.09. The lowest BCUT2D eigenvalue weighted by molar-refractivity contribution is 0.293. The quantitative estimate of drug-likeness (QED) is 0.593. The summed E-state index contributed by atoms with van der Waals surface area (Å²) in [5.41, 5.74) is 1.14. The van der Waals surface area contributed by atoms with E-state index in [1.807, 2.05) is 30.3 Å². The van der Waals surface area contributed by atoms with Gasteiger partial charge in [0.1, 0.15) is 0 Å². The van der Waals surface area contributed by atoms with Gasteiger partial charge in [0.25, 0.3) is 0 Å². The zero-order valence-corrected chi connectivity index (χ0v) is 9.20. The van der Waals surface area contributed by atoms with Crippen LogP contribution < -0.4 is 0 Å². The first-order chi connectivity index (χ1) is 7.24. The summed E-state index contributed by atoms with van der Waals surface area (Å²) in [7, 11) is -2.79. The number of halogens is 1. The molecular weight excluding hydrogens is 217 g/mol. The van der Waals surface area contributed by atoms with Crippen molar-refractivity contribution in [2.24, 2.45) is 0 Å². The Labute approximate surface area is 90.6 Å². The fourth-order valence-electron chi connectivity index (χ4n) is 1.30. The molecule has 0 aliphatic carbocycles. The van der Waals surface area contributed by atoms with Crippen molar-refractivity contribution >= 4 is 10.9 Å². The van der Waals surface area contributed by atoms with Gasteiger partial charge in [-0.25, -0.2) is 12.8 Å². The molecule has 0 aliphatic rings. The van der Waals surface area contributed by atoms with Crippen molar-refractivity contribution in [3.05, 3.63) is 35.9 Å². The lowest BCUT2D eigenvalue weighted by atomic mass is 10.1. The Balaban J connectivity index is 2.33. The highest BCUT2D eigenvalue weighted by molar-refractivity contribution is 7.69. The summed E-state index contributed by atoms with van der Waals surface area (Å²) in [6, 6.07) is 9.71. The number of nitrogens with zero attached hydrogens (tertiary/aromatic N) is 1. The van der Waals surface area contributed by atoms with Crippen LogP contribution in [0.2, 0.25) is 0 Å². The molecule has 3 nitrogen and oxygen atoms in total. The van der Waals surface area contributed by atoms with Crippen LogP contribution in [0.3, 0.4) is 0 Å². The number of hydrogen-bond acceptors (Lipinski definition) is 2. The molecule has 0 radical (unpaired) electrons. The average molecular weight is 231 g/mol. The van der Waals surface area contributed by atoms with Gasteiger partial charge in [0, 0.05) is 6.54 Å². The molecule has 1 aromatic carbocycles. The number of rotatable bonds is 6. The topological polar surface area (TPSA) is 37.4 Å². The maximum atomic E-state index is 12.2. The third-order valence-corrected chi connectivity index (χ3v) is 2.86. The van der Waals surface area contributed by atoms with Crippen molar-refractivity contribution in [3.63, 3.8) is 0 Å². The van der Waals surface area contributed by atoms with Gasteiger partial charge in [0.15, 0.2) is 6.80 Å². The second-order valence-electron chi connectivity index (χ2n) is 3.18. The second kappa shape index (κ2) is 6.53. The van der Waals surface area contributed by atoms with Crippen LogP contribution in [0.1, 0.15) is 12.0 Å². The molecule has 0 N–H and O–H groups in total. The molecule has 0 bridgehead atoms. The molecule has 0 heterocycles. The predicted molar refractivity (Wildman–Crippen MR) is 57.8 cm³/mol. The number of hydrogen-bond donors (Lipinski definition) is 1. The molecular formula is C10H14FNO2S. The van der Waals surface area contributed by atoms with E-state index in [9.17, 15) is 12.8 Å². The largest absolute Gasteiger partial charge is 0.233 e. The first-order valence-electron chi connectivity index (χ1n) is 4.73. The number of aryl methyl sites for hydroxylation is 1. The van der Waals surface area contributed by atoms with Gasteiger partial charge < -0.3 is 0 Å². The highest BCUT2D eigenvalue weighted by Gasteiger charge is 2.05. The summed E-state index contributed by atoms with van der Waals surface area (Å²) in [6.07, 6.45) is 1.40. The zero-order valence-electron chi connectivity index (χ0n) is 8.30. The summed E-state index contributed by atoms with van der Waals surface area (Å²) in [5, 5.41) is 0. The smallest absolute Gasteiger partial charge is 0.206 e. The van der Waals surface area contributed by atoms with Crippen LogP contribution in [0.15, 0.2) is 30.3 Å². The molecule has 0 amide bonds. The SMILES string of the molecule is O=[SH](=O)N(CF)CCCc1ccccc1. The van der Waals surface area contributed by atoms with Crippen LogP contribution in [0.25, 0.3) is 0 Å². The van der Waals surface area contributed by atoms with E-state index in [0.717, 1.165) is 16.3 Å². The minimum absolute atomic E-state index is 0.240. The Morgan fingerprint density at radius 3 is 2.40 bits per heavy atom. The summed E-state index contributed by atoms with van der Waals surface area (Å²) >= 11 is 0. The van der Waals surface area contributed by atoms with Crippen LogP contribution in [0.4, 0.5) is 4.39 Å². The van der Waals surface area contributed by atoms with Crippen molar-refractivity contribution in [1.82, 2.24) is 4.31 Å². The van der Waals surface area contributed by atoms with Crippen molar-refractivity contribution in [2.45, 2.75) is 12.8 Å². The predicted octanol–water partition coefficient (Wildman–Crippen LogP) is 1.37. The van der Waals surface area contributed by atoms with Crippen LogP contribution >= 0.6 is 0 Å². The van der Waals surface area contributed by atoms with Gasteiger partial charge in [-0.3, -0.25) is 0 Å². The van der Waals surface area contributed by atoms with Gasteiger partial charge in [-0.2, -0.15) is 4.31 Å². The lowest BCUT2D eigenvalue weighted by Gasteiger charge is -2.09. The van der Waals surface area contributed by atoms with Crippen LogP contribution in [-0.4, -0.2) is 26.1 Å². The normalized spacial score (nSPS) is 11.1. The van der Waals surface area contributed by atoms with Gasteiger partial charge in [-0.15, -0.1) is 0 Å². The molecule has 0 spiro atoms. The molecule has 0 saturated carbocycles. The zero-order chi connectivity index (χ0) is 11.1. The fraction of sp³-hybridized carbons (Fsp3) is 0.400. The molecule has 1 rings (SSSR count). The Bertz CT molecular complexity index is 346.